The van der Waals surface area contributed by atoms with E-state index in [0.29, 0.717) is 19.4 Å². The van der Waals surface area contributed by atoms with Crippen LogP contribution in [0, 0.1) is 11.8 Å². The first-order valence-electron chi connectivity index (χ1n) is 4.36. The van der Waals surface area contributed by atoms with Crippen molar-refractivity contribution >= 4 is 5.97 Å². The van der Waals surface area contributed by atoms with E-state index in [1.54, 1.807) is 6.92 Å². The molecule has 0 aliphatic carbocycles. The molecule has 0 heterocycles. The van der Waals surface area contributed by atoms with Crippen molar-refractivity contribution in [2.75, 3.05) is 6.61 Å². The first kappa shape index (κ1) is 11.0. The number of carbonyl (C=O) groups is 1. The summed E-state index contributed by atoms with van der Waals surface area (Å²) in [5.74, 6) is 5.47. The third-order valence-corrected chi connectivity index (χ3v) is 1.40. The topological polar surface area (TPSA) is 26.3 Å². The molecule has 2 nitrogen and oxygen atoms in total. The molecular formula is C10H16O2. The zero-order valence-corrected chi connectivity index (χ0v) is 7.85. The van der Waals surface area contributed by atoms with Gasteiger partial charge in [0.05, 0.1) is 0 Å². The summed E-state index contributed by atoms with van der Waals surface area (Å²) in [6.07, 6.45) is 3.13. The van der Waals surface area contributed by atoms with Gasteiger partial charge in [-0.25, -0.2) is 0 Å². The van der Waals surface area contributed by atoms with Gasteiger partial charge in [0, 0.05) is 12.8 Å². The predicted octanol–water partition coefficient (Wildman–Crippen LogP) is 2.13. The van der Waals surface area contributed by atoms with Crippen molar-refractivity contribution in [3.63, 3.8) is 0 Å². The van der Waals surface area contributed by atoms with Crippen molar-refractivity contribution in [2.45, 2.75) is 39.5 Å². The van der Waals surface area contributed by atoms with E-state index in [4.69, 9.17) is 4.74 Å². The fraction of sp³-hybridized carbons (Fsp3) is 0.700. The minimum atomic E-state index is -0.102. The van der Waals surface area contributed by atoms with Crippen LogP contribution >= 0.6 is 0 Å². The Morgan fingerprint density at radius 3 is 2.83 bits per heavy atom. The zero-order valence-electron chi connectivity index (χ0n) is 7.85. The van der Waals surface area contributed by atoms with Gasteiger partial charge < -0.3 is 4.74 Å². The van der Waals surface area contributed by atoms with Gasteiger partial charge in [0.2, 0.25) is 0 Å². The maximum atomic E-state index is 10.9. The normalized spacial score (nSPS) is 8.50. The maximum Gasteiger partial charge on any atom is 0.305 e. The average molecular weight is 168 g/mol. The summed E-state index contributed by atoms with van der Waals surface area (Å²) in [4.78, 5) is 10.9. The monoisotopic (exact) mass is 168 g/mol. The number of carbonyl (C=O) groups excluding carboxylic acids is 1. The Balaban J connectivity index is 3.23. The van der Waals surface area contributed by atoms with Crippen LogP contribution in [0.4, 0.5) is 0 Å². The molecular weight excluding hydrogens is 152 g/mol. The Kier molecular flexibility index (Phi) is 7.47. The molecule has 0 atom stereocenters. The van der Waals surface area contributed by atoms with E-state index in [1.807, 2.05) is 0 Å². The SMILES string of the molecule is CC#CCCOC(=O)CCCC. The van der Waals surface area contributed by atoms with Crippen molar-refractivity contribution in [1.29, 1.82) is 0 Å². The van der Waals surface area contributed by atoms with Crippen LogP contribution in [0.15, 0.2) is 0 Å². The highest BCUT2D eigenvalue weighted by Gasteiger charge is 1.99. The smallest absolute Gasteiger partial charge is 0.305 e. The second-order valence-electron chi connectivity index (χ2n) is 2.50. The van der Waals surface area contributed by atoms with Gasteiger partial charge in [0.15, 0.2) is 0 Å². The molecule has 0 spiro atoms. The Hall–Kier alpha value is -0.970. The molecule has 0 aromatic rings. The third kappa shape index (κ3) is 7.14. The van der Waals surface area contributed by atoms with Gasteiger partial charge in [0.1, 0.15) is 6.61 Å². The Bertz CT molecular complexity index is 174. The van der Waals surface area contributed by atoms with Gasteiger partial charge >= 0.3 is 5.97 Å². The number of rotatable bonds is 5. The van der Waals surface area contributed by atoms with E-state index >= 15 is 0 Å². The zero-order chi connectivity index (χ0) is 9.23. The highest BCUT2D eigenvalue weighted by atomic mass is 16.5. The number of unbranched alkanes of at least 4 members (excludes halogenated alkanes) is 1. The largest absolute Gasteiger partial charge is 0.465 e. The summed E-state index contributed by atoms with van der Waals surface area (Å²) >= 11 is 0. The molecule has 68 valence electrons. The maximum absolute atomic E-state index is 10.9. The van der Waals surface area contributed by atoms with Crippen LogP contribution in [0.25, 0.3) is 0 Å². The number of ether oxygens (including phenoxy) is 1. The van der Waals surface area contributed by atoms with Gasteiger partial charge in [-0.05, 0) is 13.3 Å². The van der Waals surface area contributed by atoms with E-state index in [1.165, 1.54) is 0 Å². The second kappa shape index (κ2) is 8.13. The van der Waals surface area contributed by atoms with E-state index in [0.717, 1.165) is 12.8 Å². The fourth-order valence-corrected chi connectivity index (χ4v) is 0.734. The third-order valence-electron chi connectivity index (χ3n) is 1.40. The fourth-order valence-electron chi connectivity index (χ4n) is 0.734. The molecule has 2 heteroatoms. The summed E-state index contributed by atoms with van der Waals surface area (Å²) < 4.78 is 4.90. The highest BCUT2D eigenvalue weighted by molar-refractivity contribution is 5.69. The molecule has 0 saturated heterocycles. The van der Waals surface area contributed by atoms with E-state index in [2.05, 4.69) is 18.8 Å². The summed E-state index contributed by atoms with van der Waals surface area (Å²) in [7, 11) is 0. The number of hydrogen-bond acceptors (Lipinski definition) is 2. The van der Waals surface area contributed by atoms with Gasteiger partial charge in [-0.15, -0.1) is 11.8 Å². The summed E-state index contributed by atoms with van der Waals surface area (Å²) in [5.41, 5.74) is 0. The van der Waals surface area contributed by atoms with Crippen LogP contribution < -0.4 is 0 Å². The second-order valence-corrected chi connectivity index (χ2v) is 2.50. The average Bonchev–Trinajstić information content (AvgIpc) is 2.09. The minimum absolute atomic E-state index is 0.102. The first-order valence-corrected chi connectivity index (χ1v) is 4.36. The highest BCUT2D eigenvalue weighted by Crippen LogP contribution is 1.96. The number of esters is 1. The molecule has 0 fully saturated rings. The Labute approximate surface area is 74.3 Å². The molecule has 12 heavy (non-hydrogen) atoms. The van der Waals surface area contributed by atoms with Gasteiger partial charge in [-0.2, -0.15) is 0 Å². The van der Waals surface area contributed by atoms with Crippen LogP contribution in [0.1, 0.15) is 39.5 Å². The van der Waals surface area contributed by atoms with E-state index in [9.17, 15) is 4.79 Å². The van der Waals surface area contributed by atoms with E-state index < -0.39 is 0 Å². The van der Waals surface area contributed by atoms with Crippen LogP contribution in [0.2, 0.25) is 0 Å². The lowest BCUT2D eigenvalue weighted by Gasteiger charge is -2.00. The molecule has 0 aliphatic rings. The molecule has 0 aromatic heterocycles. The summed E-state index contributed by atoms with van der Waals surface area (Å²) in [6.45, 7) is 4.26. The minimum Gasteiger partial charge on any atom is -0.465 e. The molecule has 0 bridgehead atoms. The van der Waals surface area contributed by atoms with Gasteiger partial charge in [0.25, 0.3) is 0 Å². The first-order chi connectivity index (χ1) is 5.81. The Morgan fingerprint density at radius 2 is 2.25 bits per heavy atom. The van der Waals surface area contributed by atoms with Crippen LogP contribution in [0.3, 0.4) is 0 Å². The standard InChI is InChI=1S/C10H16O2/c1-3-5-7-9-12-10(11)8-6-4-2/h4,6-9H2,1-2H3. The molecule has 0 unspecified atom stereocenters. The van der Waals surface area contributed by atoms with Crippen molar-refractivity contribution in [3.8, 4) is 11.8 Å². The van der Waals surface area contributed by atoms with Gasteiger partial charge in [-0.1, -0.05) is 13.3 Å². The molecule has 0 saturated carbocycles. The van der Waals surface area contributed by atoms with Gasteiger partial charge in [-0.3, -0.25) is 4.79 Å². The quantitative estimate of drug-likeness (QED) is 0.357. The summed E-state index contributed by atoms with van der Waals surface area (Å²) in [6, 6.07) is 0. The van der Waals surface area contributed by atoms with Crippen LogP contribution in [-0.4, -0.2) is 12.6 Å². The lowest BCUT2D eigenvalue weighted by atomic mass is 10.2. The molecule has 0 amide bonds. The molecule has 0 aliphatic heterocycles. The van der Waals surface area contributed by atoms with Crippen molar-refractivity contribution in [3.05, 3.63) is 0 Å². The molecule has 0 N–H and O–H groups in total. The lowest BCUT2D eigenvalue weighted by Crippen LogP contribution is -2.04. The van der Waals surface area contributed by atoms with Crippen molar-refractivity contribution in [1.82, 2.24) is 0 Å². The Morgan fingerprint density at radius 1 is 1.50 bits per heavy atom. The van der Waals surface area contributed by atoms with Crippen molar-refractivity contribution < 1.29 is 9.53 Å². The molecule has 0 radical (unpaired) electrons. The number of hydrogen-bond donors (Lipinski definition) is 0. The molecule has 0 aromatic carbocycles. The van der Waals surface area contributed by atoms with Crippen LogP contribution in [-0.2, 0) is 9.53 Å². The lowest BCUT2D eigenvalue weighted by molar-refractivity contribution is -0.143. The van der Waals surface area contributed by atoms with E-state index in [-0.39, 0.29) is 5.97 Å². The molecule has 0 rings (SSSR count). The predicted molar refractivity (Wildman–Crippen MR) is 48.6 cm³/mol. The van der Waals surface area contributed by atoms with Crippen LogP contribution in [0.5, 0.6) is 0 Å². The van der Waals surface area contributed by atoms with Crippen molar-refractivity contribution in [2.24, 2.45) is 0 Å². The summed E-state index contributed by atoms with van der Waals surface area (Å²) in [5, 5.41) is 0.